The summed E-state index contributed by atoms with van der Waals surface area (Å²) in [7, 11) is 3.51. The summed E-state index contributed by atoms with van der Waals surface area (Å²) in [6.45, 7) is 2.60. The number of nitrogens with zero attached hydrogens (tertiary/aromatic N) is 3. The van der Waals surface area contributed by atoms with Crippen LogP contribution in [0.2, 0.25) is 0 Å². The summed E-state index contributed by atoms with van der Waals surface area (Å²) in [4.78, 5) is 32.8. The standard InChI is InChI=1S/C22H39N5O2.HI/c1-26(2)20(28)15-24-22(23-14-17-8-4-3-5-9-17)25-19-12-13-27(16-19)21(29)18-10-6-7-11-18;/h17-19H,3-16H2,1-2H3,(H2,23,24,25);1H. The van der Waals surface area contributed by atoms with Gasteiger partial charge in [0.2, 0.25) is 11.8 Å². The highest BCUT2D eigenvalue weighted by molar-refractivity contribution is 14.0. The Morgan fingerprint density at radius 2 is 1.67 bits per heavy atom. The zero-order valence-electron chi connectivity index (χ0n) is 18.7. The second kappa shape index (κ2) is 12.7. The normalized spacial score (nSPS) is 23.2. The Hall–Kier alpha value is -1.06. The number of likely N-dealkylation sites (tertiary alicyclic amines) is 1. The summed E-state index contributed by atoms with van der Waals surface area (Å²) in [6, 6.07) is 0.201. The van der Waals surface area contributed by atoms with Gasteiger partial charge in [0, 0.05) is 45.7 Å². The van der Waals surface area contributed by atoms with E-state index < -0.39 is 0 Å². The van der Waals surface area contributed by atoms with Gasteiger partial charge in [0.15, 0.2) is 5.96 Å². The first kappa shape index (κ1) is 25.2. The molecule has 1 unspecified atom stereocenters. The highest BCUT2D eigenvalue weighted by Gasteiger charge is 2.32. The molecule has 0 aromatic carbocycles. The molecular formula is C22H40IN5O2. The molecule has 3 rings (SSSR count). The molecule has 2 saturated carbocycles. The first-order valence-corrected chi connectivity index (χ1v) is 11.6. The van der Waals surface area contributed by atoms with Gasteiger partial charge in [0.25, 0.3) is 0 Å². The van der Waals surface area contributed by atoms with Crippen molar-refractivity contribution < 1.29 is 9.59 Å². The van der Waals surface area contributed by atoms with Crippen LogP contribution < -0.4 is 10.6 Å². The van der Waals surface area contributed by atoms with Crippen molar-refractivity contribution in [3.63, 3.8) is 0 Å². The van der Waals surface area contributed by atoms with E-state index in [0.29, 0.717) is 17.8 Å². The van der Waals surface area contributed by atoms with Gasteiger partial charge in [-0.2, -0.15) is 0 Å². The van der Waals surface area contributed by atoms with Gasteiger partial charge < -0.3 is 20.4 Å². The van der Waals surface area contributed by atoms with Crippen LogP contribution in [0.25, 0.3) is 0 Å². The molecule has 30 heavy (non-hydrogen) atoms. The smallest absolute Gasteiger partial charge is 0.243 e. The van der Waals surface area contributed by atoms with Crippen molar-refractivity contribution in [2.75, 3.05) is 40.3 Å². The minimum absolute atomic E-state index is 0. The molecule has 1 aliphatic heterocycles. The maximum atomic E-state index is 12.7. The Morgan fingerprint density at radius 3 is 2.33 bits per heavy atom. The molecule has 2 aliphatic carbocycles. The van der Waals surface area contributed by atoms with Crippen molar-refractivity contribution >= 4 is 41.8 Å². The van der Waals surface area contributed by atoms with Crippen molar-refractivity contribution in [3.05, 3.63) is 0 Å². The molecule has 1 saturated heterocycles. The second-order valence-electron chi connectivity index (χ2n) is 9.23. The molecule has 3 aliphatic rings. The number of carbonyl (C=O) groups is 2. The van der Waals surface area contributed by atoms with Crippen LogP contribution in [0.1, 0.15) is 64.2 Å². The Kier molecular flexibility index (Phi) is 10.7. The number of hydrogen-bond acceptors (Lipinski definition) is 3. The number of guanidine groups is 1. The summed E-state index contributed by atoms with van der Waals surface area (Å²) in [6.07, 6.45) is 11.9. The van der Waals surface area contributed by atoms with Crippen molar-refractivity contribution in [2.24, 2.45) is 16.8 Å². The molecule has 0 radical (unpaired) electrons. The maximum Gasteiger partial charge on any atom is 0.243 e. The lowest BCUT2D eigenvalue weighted by Crippen LogP contribution is -2.47. The molecule has 1 heterocycles. The van der Waals surface area contributed by atoms with E-state index in [2.05, 4.69) is 15.6 Å². The van der Waals surface area contributed by atoms with Crippen LogP contribution in [0.4, 0.5) is 0 Å². The van der Waals surface area contributed by atoms with Gasteiger partial charge in [0.05, 0.1) is 0 Å². The molecule has 2 amide bonds. The average Bonchev–Trinajstić information content (AvgIpc) is 3.42. The number of halogens is 1. The van der Waals surface area contributed by atoms with E-state index in [9.17, 15) is 9.59 Å². The van der Waals surface area contributed by atoms with Crippen LogP contribution in [-0.2, 0) is 9.59 Å². The zero-order chi connectivity index (χ0) is 20.6. The largest absolute Gasteiger partial charge is 0.356 e. The first-order valence-electron chi connectivity index (χ1n) is 11.6. The van der Waals surface area contributed by atoms with Crippen LogP contribution in [0.5, 0.6) is 0 Å². The first-order chi connectivity index (χ1) is 14.0. The van der Waals surface area contributed by atoms with Crippen LogP contribution in [0.3, 0.4) is 0 Å². The second-order valence-corrected chi connectivity index (χ2v) is 9.23. The highest BCUT2D eigenvalue weighted by atomic mass is 127. The van der Waals surface area contributed by atoms with Gasteiger partial charge in [-0.05, 0) is 38.0 Å². The summed E-state index contributed by atoms with van der Waals surface area (Å²) >= 11 is 0. The van der Waals surface area contributed by atoms with E-state index >= 15 is 0 Å². The molecule has 1 atom stereocenters. The zero-order valence-corrected chi connectivity index (χ0v) is 21.0. The summed E-state index contributed by atoms with van der Waals surface area (Å²) in [5.41, 5.74) is 0. The van der Waals surface area contributed by atoms with Gasteiger partial charge >= 0.3 is 0 Å². The van der Waals surface area contributed by atoms with Gasteiger partial charge in [0.1, 0.15) is 6.54 Å². The molecule has 0 aromatic rings. The number of carbonyl (C=O) groups excluding carboxylic acids is 2. The van der Waals surface area contributed by atoms with Gasteiger partial charge in [-0.25, -0.2) is 4.99 Å². The fourth-order valence-corrected chi connectivity index (χ4v) is 4.78. The fourth-order valence-electron chi connectivity index (χ4n) is 4.78. The minimum Gasteiger partial charge on any atom is -0.356 e. The van der Waals surface area contributed by atoms with E-state index in [4.69, 9.17) is 0 Å². The van der Waals surface area contributed by atoms with E-state index in [-0.39, 0.29) is 48.4 Å². The van der Waals surface area contributed by atoms with Gasteiger partial charge in [-0.3, -0.25) is 9.59 Å². The Bertz CT molecular complexity index is 586. The van der Waals surface area contributed by atoms with Crippen LogP contribution >= 0.6 is 24.0 Å². The quantitative estimate of drug-likeness (QED) is 0.313. The Balaban J connectivity index is 0.00000320. The van der Waals surface area contributed by atoms with Gasteiger partial charge in [-0.1, -0.05) is 32.1 Å². The number of nitrogens with one attached hydrogen (secondary N) is 2. The van der Waals surface area contributed by atoms with Crippen LogP contribution in [0.15, 0.2) is 4.99 Å². The maximum absolute atomic E-state index is 12.7. The molecule has 0 aromatic heterocycles. The third-order valence-corrected chi connectivity index (χ3v) is 6.70. The molecule has 172 valence electrons. The summed E-state index contributed by atoms with van der Waals surface area (Å²) in [5, 5.41) is 6.97. The van der Waals surface area contributed by atoms with E-state index in [0.717, 1.165) is 38.9 Å². The number of rotatable bonds is 6. The SMILES string of the molecule is CN(C)C(=O)CN=C(NCC1CCCCC1)NC1CCN(C(=O)C2CCCC2)C1.I. The van der Waals surface area contributed by atoms with Crippen LogP contribution in [0, 0.1) is 11.8 Å². The monoisotopic (exact) mass is 533 g/mol. The predicted octanol–water partition coefficient (Wildman–Crippen LogP) is 2.60. The van der Waals surface area contributed by atoms with Crippen molar-refractivity contribution in [1.29, 1.82) is 0 Å². The molecule has 0 bridgehead atoms. The lowest BCUT2D eigenvalue weighted by molar-refractivity contribution is -0.134. The summed E-state index contributed by atoms with van der Waals surface area (Å²) in [5.74, 6) is 1.97. The number of hydrogen-bond donors (Lipinski definition) is 2. The number of amides is 2. The van der Waals surface area contributed by atoms with Crippen LogP contribution in [-0.4, -0.2) is 73.9 Å². The van der Waals surface area contributed by atoms with E-state index in [1.807, 2.05) is 4.90 Å². The number of aliphatic imine (C=N–C) groups is 1. The molecule has 7 nitrogen and oxygen atoms in total. The molecular weight excluding hydrogens is 493 g/mol. The van der Waals surface area contributed by atoms with Gasteiger partial charge in [-0.15, -0.1) is 24.0 Å². The fraction of sp³-hybridized carbons (Fsp3) is 0.864. The molecule has 8 heteroatoms. The summed E-state index contributed by atoms with van der Waals surface area (Å²) < 4.78 is 0. The lowest BCUT2D eigenvalue weighted by Gasteiger charge is -2.25. The Labute approximate surface area is 198 Å². The Morgan fingerprint density at radius 1 is 1.00 bits per heavy atom. The topological polar surface area (TPSA) is 77.0 Å². The average molecular weight is 533 g/mol. The van der Waals surface area contributed by atoms with Crippen molar-refractivity contribution in [3.8, 4) is 0 Å². The molecule has 0 spiro atoms. The van der Waals surface area contributed by atoms with Crippen molar-refractivity contribution in [2.45, 2.75) is 70.3 Å². The third-order valence-electron chi connectivity index (χ3n) is 6.70. The third kappa shape index (κ3) is 7.57. The predicted molar refractivity (Wildman–Crippen MR) is 131 cm³/mol. The molecule has 2 N–H and O–H groups in total. The van der Waals surface area contributed by atoms with Crippen molar-refractivity contribution in [1.82, 2.24) is 20.4 Å². The minimum atomic E-state index is -0.00627. The lowest BCUT2D eigenvalue weighted by atomic mass is 9.89. The van der Waals surface area contributed by atoms with E-state index in [1.54, 1.807) is 19.0 Å². The number of likely N-dealkylation sites (N-methyl/N-ethyl adjacent to an activating group) is 1. The highest BCUT2D eigenvalue weighted by Crippen LogP contribution is 2.28. The molecule has 3 fully saturated rings. The van der Waals surface area contributed by atoms with E-state index in [1.165, 1.54) is 44.9 Å².